The second-order valence-electron chi connectivity index (χ2n) is 7.44. The maximum absolute atomic E-state index is 13.3. The Morgan fingerprint density at radius 3 is 2.09 bits per heavy atom. The minimum absolute atomic E-state index is 0.121. The molecule has 180 valence electrons. The van der Waals surface area contributed by atoms with E-state index in [4.69, 9.17) is 14.2 Å². The molecule has 1 amide bonds. The van der Waals surface area contributed by atoms with Crippen molar-refractivity contribution >= 4 is 21.6 Å². The number of hydrogen-bond acceptors (Lipinski definition) is 6. The Bertz CT molecular complexity index is 1210. The molecule has 0 saturated heterocycles. The number of carbonyl (C=O) groups excluding carboxylic acids is 1. The Morgan fingerprint density at radius 1 is 0.882 bits per heavy atom. The molecule has 1 atom stereocenters. The zero-order valence-electron chi connectivity index (χ0n) is 19.5. The molecule has 0 fully saturated rings. The molecule has 8 nitrogen and oxygen atoms in total. The molecule has 0 heterocycles. The van der Waals surface area contributed by atoms with Gasteiger partial charge in [0.05, 0.1) is 38.0 Å². The van der Waals surface area contributed by atoms with Gasteiger partial charge in [-0.25, -0.2) is 8.42 Å². The number of ether oxygens (including phenoxy) is 3. The molecule has 0 spiro atoms. The van der Waals surface area contributed by atoms with Gasteiger partial charge in [0.15, 0.2) is 0 Å². The first-order valence-electron chi connectivity index (χ1n) is 10.5. The first-order chi connectivity index (χ1) is 16.3. The molecule has 0 saturated carbocycles. The first kappa shape index (κ1) is 25.1. The molecular formula is C25H28N2O6S. The summed E-state index contributed by atoms with van der Waals surface area (Å²) in [6, 6.07) is 19.3. The SMILES string of the molecule is COc1ccc([C@@H](CC(=O)Nc2ccc(OC)cc2OC)N(C)S(=O)(=O)c2ccccc2)cc1. The van der Waals surface area contributed by atoms with Crippen LogP contribution in [0, 0.1) is 0 Å². The molecule has 0 radical (unpaired) electrons. The Kier molecular flexibility index (Phi) is 8.14. The van der Waals surface area contributed by atoms with E-state index >= 15 is 0 Å². The van der Waals surface area contributed by atoms with E-state index in [1.807, 2.05) is 0 Å². The number of amides is 1. The van der Waals surface area contributed by atoms with E-state index in [1.54, 1.807) is 67.8 Å². The quantitative estimate of drug-likeness (QED) is 0.466. The molecular weight excluding hydrogens is 456 g/mol. The predicted octanol–water partition coefficient (Wildman–Crippen LogP) is 4.10. The Balaban J connectivity index is 1.92. The van der Waals surface area contributed by atoms with E-state index in [-0.39, 0.29) is 17.2 Å². The van der Waals surface area contributed by atoms with Gasteiger partial charge in [-0.15, -0.1) is 0 Å². The van der Waals surface area contributed by atoms with E-state index in [0.717, 1.165) is 0 Å². The van der Waals surface area contributed by atoms with E-state index in [2.05, 4.69) is 5.32 Å². The molecule has 0 unspecified atom stereocenters. The molecule has 34 heavy (non-hydrogen) atoms. The highest BCUT2D eigenvalue weighted by Gasteiger charge is 2.31. The molecule has 0 bridgehead atoms. The largest absolute Gasteiger partial charge is 0.497 e. The van der Waals surface area contributed by atoms with Gasteiger partial charge in [-0.2, -0.15) is 4.31 Å². The van der Waals surface area contributed by atoms with Gasteiger partial charge in [0.25, 0.3) is 0 Å². The van der Waals surface area contributed by atoms with Gasteiger partial charge in [-0.3, -0.25) is 4.79 Å². The van der Waals surface area contributed by atoms with Crippen LogP contribution in [0.25, 0.3) is 0 Å². The summed E-state index contributed by atoms with van der Waals surface area (Å²) in [5, 5.41) is 2.82. The fraction of sp³-hybridized carbons (Fsp3) is 0.240. The number of carbonyl (C=O) groups is 1. The van der Waals surface area contributed by atoms with Crippen LogP contribution < -0.4 is 19.5 Å². The van der Waals surface area contributed by atoms with Crippen molar-refractivity contribution in [3.63, 3.8) is 0 Å². The summed E-state index contributed by atoms with van der Waals surface area (Å²) in [5.41, 5.74) is 1.11. The van der Waals surface area contributed by atoms with Gasteiger partial charge in [-0.1, -0.05) is 30.3 Å². The van der Waals surface area contributed by atoms with Crippen LogP contribution in [0.3, 0.4) is 0 Å². The van der Waals surface area contributed by atoms with Crippen LogP contribution in [0.1, 0.15) is 18.0 Å². The summed E-state index contributed by atoms with van der Waals surface area (Å²) in [5.74, 6) is 1.27. The van der Waals surface area contributed by atoms with Crippen LogP contribution in [-0.2, 0) is 14.8 Å². The maximum atomic E-state index is 13.3. The zero-order valence-corrected chi connectivity index (χ0v) is 20.3. The van der Waals surface area contributed by atoms with Crippen LogP contribution >= 0.6 is 0 Å². The number of nitrogens with one attached hydrogen (secondary N) is 1. The fourth-order valence-electron chi connectivity index (χ4n) is 3.49. The molecule has 0 aliphatic rings. The van der Waals surface area contributed by atoms with Crippen LogP contribution in [0.15, 0.2) is 77.7 Å². The summed E-state index contributed by atoms with van der Waals surface area (Å²) in [4.78, 5) is 13.2. The van der Waals surface area contributed by atoms with Gasteiger partial charge in [-0.05, 0) is 42.0 Å². The zero-order chi connectivity index (χ0) is 24.7. The van der Waals surface area contributed by atoms with Crippen molar-refractivity contribution in [1.82, 2.24) is 4.31 Å². The van der Waals surface area contributed by atoms with Crippen molar-refractivity contribution in [3.05, 3.63) is 78.4 Å². The lowest BCUT2D eigenvalue weighted by Crippen LogP contribution is -2.33. The Hall–Kier alpha value is -3.56. The van der Waals surface area contributed by atoms with Crippen LogP contribution in [0.5, 0.6) is 17.2 Å². The summed E-state index contributed by atoms with van der Waals surface area (Å²) < 4.78 is 43.6. The summed E-state index contributed by atoms with van der Waals surface area (Å²) >= 11 is 0. The van der Waals surface area contributed by atoms with Crippen molar-refractivity contribution in [3.8, 4) is 17.2 Å². The summed E-state index contributed by atoms with van der Waals surface area (Å²) in [6.45, 7) is 0. The molecule has 0 aromatic heterocycles. The molecule has 3 aromatic rings. The van der Waals surface area contributed by atoms with Crippen LogP contribution in [0.4, 0.5) is 5.69 Å². The number of benzene rings is 3. The van der Waals surface area contributed by atoms with E-state index in [1.165, 1.54) is 37.7 Å². The third kappa shape index (κ3) is 5.67. The average molecular weight is 485 g/mol. The molecule has 9 heteroatoms. The first-order valence-corrected chi connectivity index (χ1v) is 11.9. The molecule has 0 aliphatic heterocycles. The minimum atomic E-state index is -3.86. The third-order valence-electron chi connectivity index (χ3n) is 5.42. The van der Waals surface area contributed by atoms with Crippen molar-refractivity contribution < 1.29 is 27.4 Å². The average Bonchev–Trinajstić information content (AvgIpc) is 2.87. The Labute approximate surface area is 200 Å². The van der Waals surface area contributed by atoms with Crippen molar-refractivity contribution in [2.45, 2.75) is 17.4 Å². The smallest absolute Gasteiger partial charge is 0.243 e. The number of nitrogens with zero attached hydrogens (tertiary/aromatic N) is 1. The van der Waals surface area contributed by atoms with Gasteiger partial charge >= 0.3 is 0 Å². The number of rotatable bonds is 10. The highest BCUT2D eigenvalue weighted by molar-refractivity contribution is 7.89. The van der Waals surface area contributed by atoms with E-state index in [0.29, 0.717) is 28.5 Å². The second kappa shape index (κ2) is 11.0. The maximum Gasteiger partial charge on any atom is 0.243 e. The van der Waals surface area contributed by atoms with Gasteiger partial charge in [0.2, 0.25) is 15.9 Å². The number of anilines is 1. The van der Waals surface area contributed by atoms with Crippen molar-refractivity contribution in [2.24, 2.45) is 0 Å². The number of methoxy groups -OCH3 is 3. The normalized spacial score (nSPS) is 12.1. The Morgan fingerprint density at radius 2 is 1.50 bits per heavy atom. The second-order valence-corrected chi connectivity index (χ2v) is 9.44. The van der Waals surface area contributed by atoms with Crippen molar-refractivity contribution in [1.29, 1.82) is 0 Å². The molecule has 0 aliphatic carbocycles. The summed E-state index contributed by atoms with van der Waals surface area (Å²) in [6.07, 6.45) is -0.121. The van der Waals surface area contributed by atoms with Gasteiger partial charge < -0.3 is 19.5 Å². The topological polar surface area (TPSA) is 94.2 Å². The van der Waals surface area contributed by atoms with Crippen molar-refractivity contribution in [2.75, 3.05) is 33.7 Å². The van der Waals surface area contributed by atoms with Crippen LogP contribution in [0.2, 0.25) is 0 Å². The summed E-state index contributed by atoms with van der Waals surface area (Å²) in [7, 11) is 2.19. The van der Waals surface area contributed by atoms with E-state index in [9.17, 15) is 13.2 Å². The fourth-order valence-corrected chi connectivity index (χ4v) is 4.85. The molecule has 3 rings (SSSR count). The number of hydrogen-bond donors (Lipinski definition) is 1. The third-order valence-corrected chi connectivity index (χ3v) is 7.30. The molecule has 3 aromatic carbocycles. The van der Waals surface area contributed by atoms with Gasteiger partial charge in [0.1, 0.15) is 17.2 Å². The lowest BCUT2D eigenvalue weighted by atomic mass is 10.0. The molecule has 1 N–H and O–H groups in total. The lowest BCUT2D eigenvalue weighted by molar-refractivity contribution is -0.117. The van der Waals surface area contributed by atoms with E-state index < -0.39 is 16.1 Å². The predicted molar refractivity (Wildman–Crippen MR) is 130 cm³/mol. The van der Waals surface area contributed by atoms with Gasteiger partial charge in [0, 0.05) is 19.5 Å². The highest BCUT2D eigenvalue weighted by Crippen LogP contribution is 2.32. The monoisotopic (exact) mass is 484 g/mol. The standard InChI is InChI=1S/C25H28N2O6S/c1-27(34(29,30)21-8-6-5-7-9-21)23(18-10-12-19(31-2)13-11-18)17-25(28)26-22-15-14-20(32-3)16-24(22)33-4/h5-16,23H,17H2,1-4H3,(H,26,28)/t23-/m1/s1. The highest BCUT2D eigenvalue weighted by atomic mass is 32.2. The minimum Gasteiger partial charge on any atom is -0.497 e. The number of sulfonamides is 1. The van der Waals surface area contributed by atoms with Crippen LogP contribution in [-0.4, -0.2) is 47.0 Å². The lowest BCUT2D eigenvalue weighted by Gasteiger charge is -2.28.